The van der Waals surface area contributed by atoms with Gasteiger partial charge in [0, 0.05) is 33.3 Å². The second kappa shape index (κ2) is 8.92. The van der Waals surface area contributed by atoms with Gasteiger partial charge in [-0.25, -0.2) is 4.79 Å². The lowest BCUT2D eigenvalue weighted by molar-refractivity contribution is 0.0950. The molecule has 1 unspecified atom stereocenters. The number of carbonyl (C=O) groups is 2. The van der Waals surface area contributed by atoms with E-state index in [0.29, 0.717) is 23.6 Å². The van der Waals surface area contributed by atoms with E-state index in [2.05, 4.69) is 15.0 Å². The number of rotatable bonds is 7. The normalized spacial score (nSPS) is 16.0. The Hall–Kier alpha value is -2.51. The molecular weight excluding hydrogens is 386 g/mol. The number of nitrogens with two attached hydrogens (primary N) is 1. The van der Waals surface area contributed by atoms with Gasteiger partial charge >= 0.3 is 6.09 Å². The molecule has 0 spiro atoms. The first-order valence-electron chi connectivity index (χ1n) is 8.43. The van der Waals surface area contributed by atoms with Crippen molar-refractivity contribution in [2.24, 2.45) is 10.7 Å². The zero-order valence-corrected chi connectivity index (χ0v) is 16.2. The van der Waals surface area contributed by atoms with Crippen molar-refractivity contribution < 1.29 is 14.3 Å². The highest BCUT2D eigenvalue weighted by Crippen LogP contribution is 2.48. The molecule has 1 aliphatic rings. The minimum Gasteiger partial charge on any atom is -0.450 e. The molecule has 0 radical (unpaired) electrons. The third-order valence-corrected chi connectivity index (χ3v) is 6.33. The fourth-order valence-corrected chi connectivity index (χ4v) is 4.76. The standard InChI is InChI=1S/C19H20ClN3O3S/c20-15-5-2-13(3-6-15)11-27-12-23-16-7-4-14(10-17(16)27)18(24)22-8-1-9-26-19(21)25/h2-7,10,12,27H,1,8-9,11H2,(H2,21,25)(H,22,24). The summed E-state index contributed by atoms with van der Waals surface area (Å²) in [5, 5.41) is 3.53. The quantitative estimate of drug-likeness (QED) is 0.483. The van der Waals surface area contributed by atoms with Crippen LogP contribution in [0.4, 0.5) is 10.5 Å². The number of hydrogen-bond donors (Lipinski definition) is 3. The van der Waals surface area contributed by atoms with Gasteiger partial charge in [-0.05, 0) is 42.3 Å². The Morgan fingerprint density at radius 3 is 2.70 bits per heavy atom. The van der Waals surface area contributed by atoms with Crippen LogP contribution in [0.25, 0.3) is 0 Å². The van der Waals surface area contributed by atoms with Crippen LogP contribution >= 0.6 is 22.5 Å². The Morgan fingerprint density at radius 2 is 1.96 bits per heavy atom. The number of fused-ring (bicyclic) bond motifs is 1. The monoisotopic (exact) mass is 405 g/mol. The molecule has 3 N–H and O–H groups in total. The summed E-state index contributed by atoms with van der Waals surface area (Å²) < 4.78 is 4.63. The van der Waals surface area contributed by atoms with Crippen LogP contribution in [0.15, 0.2) is 52.4 Å². The molecule has 27 heavy (non-hydrogen) atoms. The molecule has 1 atom stereocenters. The van der Waals surface area contributed by atoms with Crippen LogP contribution in [-0.4, -0.2) is 30.7 Å². The molecule has 3 rings (SSSR count). The largest absolute Gasteiger partial charge is 0.450 e. The van der Waals surface area contributed by atoms with Crippen molar-refractivity contribution in [1.29, 1.82) is 0 Å². The summed E-state index contributed by atoms with van der Waals surface area (Å²) in [7, 11) is -0.600. The fourth-order valence-electron chi connectivity index (χ4n) is 2.66. The van der Waals surface area contributed by atoms with E-state index in [0.717, 1.165) is 16.3 Å². The third kappa shape index (κ3) is 5.24. The summed E-state index contributed by atoms with van der Waals surface area (Å²) in [5.74, 6) is 0.698. The molecule has 2 aromatic carbocycles. The molecule has 0 fully saturated rings. The van der Waals surface area contributed by atoms with Gasteiger partial charge in [-0.1, -0.05) is 23.7 Å². The SMILES string of the molecule is NC(=O)OCCCNC(=O)c1ccc2c(c1)[SH](Cc1ccc(Cl)cc1)C=N2. The van der Waals surface area contributed by atoms with Gasteiger partial charge in [0.05, 0.1) is 12.3 Å². The molecule has 0 aromatic heterocycles. The molecule has 0 saturated carbocycles. The zero-order valence-electron chi connectivity index (χ0n) is 14.5. The van der Waals surface area contributed by atoms with Gasteiger partial charge in [0.1, 0.15) is 0 Å². The highest BCUT2D eigenvalue weighted by molar-refractivity contribution is 8.28. The Morgan fingerprint density at radius 1 is 1.19 bits per heavy atom. The molecule has 1 aliphatic heterocycles. The first-order chi connectivity index (χ1) is 13.0. The predicted molar refractivity (Wildman–Crippen MR) is 109 cm³/mol. The maximum atomic E-state index is 12.4. The lowest BCUT2D eigenvalue weighted by atomic mass is 10.2. The number of ether oxygens (including phenoxy) is 1. The molecular formula is C19H20ClN3O3S. The van der Waals surface area contributed by atoms with Crippen LogP contribution in [-0.2, 0) is 10.5 Å². The maximum Gasteiger partial charge on any atom is 0.404 e. The second-order valence-electron chi connectivity index (χ2n) is 5.98. The summed E-state index contributed by atoms with van der Waals surface area (Å²) in [5.41, 5.74) is 9.57. The molecule has 0 saturated heterocycles. The van der Waals surface area contributed by atoms with E-state index < -0.39 is 17.0 Å². The predicted octanol–water partition coefficient (Wildman–Crippen LogP) is 3.79. The summed E-state index contributed by atoms with van der Waals surface area (Å²) in [6, 6.07) is 13.4. The summed E-state index contributed by atoms with van der Waals surface area (Å²) in [6.07, 6.45) is -0.305. The minimum absolute atomic E-state index is 0.162. The van der Waals surface area contributed by atoms with Gasteiger partial charge in [0.25, 0.3) is 5.91 Å². The summed E-state index contributed by atoms with van der Waals surface area (Å²) >= 11 is 5.95. The van der Waals surface area contributed by atoms with E-state index >= 15 is 0 Å². The second-order valence-corrected chi connectivity index (χ2v) is 8.38. The van der Waals surface area contributed by atoms with E-state index in [4.69, 9.17) is 17.3 Å². The van der Waals surface area contributed by atoms with Gasteiger partial charge in [0.2, 0.25) is 0 Å². The first kappa shape index (κ1) is 19.3. The van der Waals surface area contributed by atoms with E-state index in [-0.39, 0.29) is 12.5 Å². The van der Waals surface area contributed by atoms with Crippen molar-refractivity contribution in [2.45, 2.75) is 17.1 Å². The number of benzene rings is 2. The average molecular weight is 406 g/mol. The van der Waals surface area contributed by atoms with Gasteiger partial charge in [0.15, 0.2) is 0 Å². The Labute approximate surface area is 165 Å². The number of nitrogens with one attached hydrogen (secondary N) is 1. The Bertz CT molecular complexity index is 871. The van der Waals surface area contributed by atoms with Crippen molar-refractivity contribution >= 4 is 45.7 Å². The van der Waals surface area contributed by atoms with Crippen molar-refractivity contribution in [3.63, 3.8) is 0 Å². The molecule has 0 bridgehead atoms. The Kier molecular flexibility index (Phi) is 6.36. The zero-order chi connectivity index (χ0) is 19.2. The van der Waals surface area contributed by atoms with E-state index in [1.54, 1.807) is 6.07 Å². The minimum atomic E-state index is -0.811. The number of hydrogen-bond acceptors (Lipinski definition) is 4. The molecule has 2 aromatic rings. The molecule has 142 valence electrons. The number of halogens is 1. The number of primary amides is 1. The van der Waals surface area contributed by atoms with E-state index in [1.165, 1.54) is 5.56 Å². The first-order valence-corrected chi connectivity index (χ1v) is 10.4. The fraction of sp³-hybridized carbons (Fsp3) is 0.211. The van der Waals surface area contributed by atoms with Crippen LogP contribution < -0.4 is 11.1 Å². The van der Waals surface area contributed by atoms with Gasteiger partial charge in [-0.2, -0.15) is 10.9 Å². The van der Waals surface area contributed by atoms with Gasteiger partial charge in [-0.3, -0.25) is 9.79 Å². The van der Waals surface area contributed by atoms with Crippen molar-refractivity contribution in [3.05, 3.63) is 58.6 Å². The Balaban J connectivity index is 1.61. The topological polar surface area (TPSA) is 93.8 Å². The van der Waals surface area contributed by atoms with Crippen molar-refractivity contribution in [1.82, 2.24) is 5.32 Å². The summed E-state index contributed by atoms with van der Waals surface area (Å²) in [6.45, 7) is 0.583. The number of nitrogens with zero attached hydrogens (tertiary/aromatic N) is 1. The molecule has 0 aliphatic carbocycles. The number of carbonyl (C=O) groups excluding carboxylic acids is 2. The van der Waals surface area contributed by atoms with E-state index in [1.807, 2.05) is 41.9 Å². The highest BCUT2D eigenvalue weighted by Gasteiger charge is 2.18. The van der Waals surface area contributed by atoms with Crippen molar-refractivity contribution in [3.8, 4) is 0 Å². The van der Waals surface area contributed by atoms with Crippen LogP contribution in [0.5, 0.6) is 0 Å². The average Bonchev–Trinajstić information content (AvgIpc) is 3.05. The summed E-state index contributed by atoms with van der Waals surface area (Å²) in [4.78, 5) is 28.4. The number of thiol groups is 1. The van der Waals surface area contributed by atoms with Gasteiger partial charge in [-0.15, -0.1) is 0 Å². The van der Waals surface area contributed by atoms with Crippen LogP contribution in [0.1, 0.15) is 22.3 Å². The number of aliphatic imine (C=N–C) groups is 1. The van der Waals surface area contributed by atoms with Gasteiger partial charge < -0.3 is 15.8 Å². The molecule has 1 heterocycles. The molecule has 6 nitrogen and oxygen atoms in total. The molecule has 2 amide bonds. The van der Waals surface area contributed by atoms with Crippen LogP contribution in [0.2, 0.25) is 5.02 Å². The van der Waals surface area contributed by atoms with Crippen LogP contribution in [0, 0.1) is 0 Å². The lowest BCUT2D eigenvalue weighted by Gasteiger charge is -2.15. The van der Waals surface area contributed by atoms with Crippen LogP contribution in [0.3, 0.4) is 0 Å². The van der Waals surface area contributed by atoms with Crippen molar-refractivity contribution in [2.75, 3.05) is 13.2 Å². The highest BCUT2D eigenvalue weighted by atomic mass is 35.5. The maximum absolute atomic E-state index is 12.4. The lowest BCUT2D eigenvalue weighted by Crippen LogP contribution is -2.26. The number of amides is 2. The smallest absolute Gasteiger partial charge is 0.404 e. The third-order valence-electron chi connectivity index (χ3n) is 4.00. The molecule has 8 heteroatoms. The van der Waals surface area contributed by atoms with E-state index in [9.17, 15) is 9.59 Å².